The lowest BCUT2D eigenvalue weighted by atomic mass is 9.92. The number of halogens is 1. The molecule has 2 atom stereocenters. The van der Waals surface area contributed by atoms with Crippen molar-refractivity contribution in [2.24, 2.45) is 5.73 Å². The van der Waals surface area contributed by atoms with Gasteiger partial charge < -0.3 is 15.2 Å². The van der Waals surface area contributed by atoms with E-state index in [2.05, 4.69) is 0 Å². The van der Waals surface area contributed by atoms with E-state index >= 15 is 0 Å². The van der Waals surface area contributed by atoms with Crippen LogP contribution >= 0.6 is 0 Å². The number of hydrogen-bond acceptors (Lipinski definition) is 3. The van der Waals surface area contributed by atoms with Crippen LogP contribution in [0.15, 0.2) is 36.4 Å². The highest BCUT2D eigenvalue weighted by Gasteiger charge is 2.29. The fraction of sp³-hybridized carbons (Fsp3) is 0.294. The molecule has 2 aromatic rings. The van der Waals surface area contributed by atoms with E-state index in [1.807, 2.05) is 31.2 Å². The molecule has 0 bridgehead atoms. The van der Waals surface area contributed by atoms with E-state index in [0.29, 0.717) is 17.7 Å². The third-order valence-corrected chi connectivity index (χ3v) is 3.85. The Kier molecular flexibility index (Phi) is 3.55. The Bertz CT molecular complexity index is 672. The standard InChI is InChI=1S/C17H18FNO2/c1-10-3-5-14(18)12(7-10)17-9-15(19)13-8-11(20-2)4-6-16(13)21-17/h3-8,15,17H,9,19H2,1-2H3/t15-,17?/m0/s1. The van der Waals surface area contributed by atoms with Gasteiger partial charge in [0.25, 0.3) is 0 Å². The summed E-state index contributed by atoms with van der Waals surface area (Å²) in [6.07, 6.45) is 0.182. The Morgan fingerprint density at radius 2 is 2.00 bits per heavy atom. The Morgan fingerprint density at radius 1 is 1.19 bits per heavy atom. The van der Waals surface area contributed by atoms with Crippen molar-refractivity contribution in [3.63, 3.8) is 0 Å². The number of aryl methyl sites for hydroxylation is 1. The average Bonchev–Trinajstić information content (AvgIpc) is 2.49. The van der Waals surface area contributed by atoms with Gasteiger partial charge in [0.05, 0.1) is 7.11 Å². The van der Waals surface area contributed by atoms with Crippen LogP contribution in [0.4, 0.5) is 4.39 Å². The van der Waals surface area contributed by atoms with Crippen LogP contribution in [-0.2, 0) is 0 Å². The topological polar surface area (TPSA) is 44.5 Å². The molecule has 1 aliphatic rings. The number of fused-ring (bicyclic) bond motifs is 1. The summed E-state index contributed by atoms with van der Waals surface area (Å²) in [5.74, 6) is 1.18. The zero-order valence-electron chi connectivity index (χ0n) is 12.1. The predicted octanol–water partition coefficient (Wildman–Crippen LogP) is 3.67. The van der Waals surface area contributed by atoms with Crippen LogP contribution in [0.5, 0.6) is 11.5 Å². The lowest BCUT2D eigenvalue weighted by molar-refractivity contribution is 0.157. The molecule has 21 heavy (non-hydrogen) atoms. The van der Waals surface area contributed by atoms with Gasteiger partial charge in [-0.2, -0.15) is 0 Å². The number of rotatable bonds is 2. The maximum Gasteiger partial charge on any atom is 0.130 e. The van der Waals surface area contributed by atoms with Crippen molar-refractivity contribution in [2.75, 3.05) is 7.11 Å². The maximum absolute atomic E-state index is 14.0. The molecule has 3 nitrogen and oxygen atoms in total. The highest BCUT2D eigenvalue weighted by atomic mass is 19.1. The van der Waals surface area contributed by atoms with Crippen molar-refractivity contribution in [3.05, 3.63) is 58.9 Å². The summed E-state index contributed by atoms with van der Waals surface area (Å²) >= 11 is 0. The van der Waals surface area contributed by atoms with E-state index in [-0.39, 0.29) is 18.0 Å². The minimum absolute atomic E-state index is 0.200. The van der Waals surface area contributed by atoms with Gasteiger partial charge in [0.1, 0.15) is 23.4 Å². The van der Waals surface area contributed by atoms with Crippen molar-refractivity contribution in [2.45, 2.75) is 25.5 Å². The molecule has 1 heterocycles. The highest BCUT2D eigenvalue weighted by Crippen LogP contribution is 2.41. The van der Waals surface area contributed by atoms with Crippen LogP contribution < -0.4 is 15.2 Å². The molecule has 4 heteroatoms. The summed E-state index contributed by atoms with van der Waals surface area (Å²) in [4.78, 5) is 0. The van der Waals surface area contributed by atoms with Crippen LogP contribution in [0.25, 0.3) is 0 Å². The number of methoxy groups -OCH3 is 1. The number of hydrogen-bond donors (Lipinski definition) is 1. The van der Waals surface area contributed by atoms with Gasteiger partial charge in [-0.1, -0.05) is 11.6 Å². The molecule has 0 spiro atoms. The molecule has 1 aliphatic heterocycles. The zero-order valence-corrected chi connectivity index (χ0v) is 12.1. The Balaban J connectivity index is 1.96. The third-order valence-electron chi connectivity index (χ3n) is 3.85. The largest absolute Gasteiger partial charge is 0.497 e. The Morgan fingerprint density at radius 3 is 2.76 bits per heavy atom. The lowest BCUT2D eigenvalue weighted by Gasteiger charge is -2.31. The molecule has 1 unspecified atom stereocenters. The zero-order chi connectivity index (χ0) is 15.0. The second kappa shape index (κ2) is 5.37. The number of ether oxygens (including phenoxy) is 2. The number of benzene rings is 2. The summed E-state index contributed by atoms with van der Waals surface area (Å²) in [5.41, 5.74) is 8.70. The highest BCUT2D eigenvalue weighted by molar-refractivity contribution is 5.44. The van der Waals surface area contributed by atoms with Gasteiger partial charge in [-0.15, -0.1) is 0 Å². The van der Waals surface area contributed by atoms with Crippen LogP contribution in [0.3, 0.4) is 0 Å². The quantitative estimate of drug-likeness (QED) is 0.916. The molecule has 0 saturated carbocycles. The summed E-state index contributed by atoms with van der Waals surface area (Å²) in [6.45, 7) is 1.94. The molecule has 0 fully saturated rings. The van der Waals surface area contributed by atoms with E-state index in [9.17, 15) is 4.39 Å². The molecule has 0 saturated heterocycles. The molecule has 0 aliphatic carbocycles. The minimum atomic E-state index is -0.360. The summed E-state index contributed by atoms with van der Waals surface area (Å²) in [7, 11) is 1.61. The normalized spacial score (nSPS) is 20.6. The minimum Gasteiger partial charge on any atom is -0.497 e. The van der Waals surface area contributed by atoms with Crippen LogP contribution in [0.2, 0.25) is 0 Å². The second-order valence-electron chi connectivity index (χ2n) is 5.38. The first-order chi connectivity index (χ1) is 10.1. The van der Waals surface area contributed by atoms with Crippen molar-refractivity contribution in [3.8, 4) is 11.5 Å². The SMILES string of the molecule is COc1ccc2c(c1)[C@@H](N)CC(c1cc(C)ccc1F)O2. The Labute approximate surface area is 123 Å². The molecular formula is C17H18FNO2. The fourth-order valence-corrected chi connectivity index (χ4v) is 2.71. The first kappa shape index (κ1) is 13.9. The predicted molar refractivity (Wildman–Crippen MR) is 79.0 cm³/mol. The molecule has 0 radical (unpaired) electrons. The molecular weight excluding hydrogens is 269 g/mol. The van der Waals surface area contributed by atoms with Gasteiger partial charge in [-0.05, 0) is 37.3 Å². The van der Waals surface area contributed by atoms with Crippen molar-refractivity contribution in [1.29, 1.82) is 0 Å². The van der Waals surface area contributed by atoms with Gasteiger partial charge >= 0.3 is 0 Å². The van der Waals surface area contributed by atoms with Crippen molar-refractivity contribution < 1.29 is 13.9 Å². The van der Waals surface area contributed by atoms with Crippen LogP contribution in [0.1, 0.15) is 35.3 Å². The Hall–Kier alpha value is -2.07. The lowest BCUT2D eigenvalue weighted by Crippen LogP contribution is -2.24. The fourth-order valence-electron chi connectivity index (χ4n) is 2.71. The van der Waals surface area contributed by atoms with Gasteiger partial charge in [-0.3, -0.25) is 0 Å². The number of nitrogens with two attached hydrogens (primary N) is 1. The first-order valence-electron chi connectivity index (χ1n) is 6.94. The second-order valence-corrected chi connectivity index (χ2v) is 5.38. The molecule has 3 rings (SSSR count). The summed E-state index contributed by atoms with van der Waals surface area (Å²) in [6, 6.07) is 10.4. The maximum atomic E-state index is 14.0. The van der Waals surface area contributed by atoms with E-state index in [1.54, 1.807) is 13.2 Å². The van der Waals surface area contributed by atoms with Crippen LogP contribution in [-0.4, -0.2) is 7.11 Å². The van der Waals surface area contributed by atoms with Gasteiger partial charge in [-0.25, -0.2) is 4.39 Å². The van der Waals surface area contributed by atoms with E-state index in [1.165, 1.54) is 6.07 Å². The summed E-state index contributed by atoms with van der Waals surface area (Å²) < 4.78 is 25.2. The van der Waals surface area contributed by atoms with E-state index in [4.69, 9.17) is 15.2 Å². The molecule has 110 valence electrons. The van der Waals surface area contributed by atoms with Gasteiger partial charge in [0.2, 0.25) is 0 Å². The van der Waals surface area contributed by atoms with Crippen LogP contribution in [0, 0.1) is 12.7 Å². The smallest absolute Gasteiger partial charge is 0.130 e. The van der Waals surface area contributed by atoms with Crippen molar-refractivity contribution >= 4 is 0 Å². The van der Waals surface area contributed by atoms with E-state index in [0.717, 1.165) is 16.9 Å². The monoisotopic (exact) mass is 287 g/mol. The summed E-state index contributed by atoms with van der Waals surface area (Å²) in [5, 5.41) is 0. The molecule has 2 N–H and O–H groups in total. The molecule has 2 aromatic carbocycles. The molecule has 0 amide bonds. The molecule has 0 aromatic heterocycles. The third kappa shape index (κ3) is 2.59. The van der Waals surface area contributed by atoms with E-state index < -0.39 is 0 Å². The first-order valence-corrected chi connectivity index (χ1v) is 6.94. The van der Waals surface area contributed by atoms with Gasteiger partial charge in [0, 0.05) is 23.6 Å². The average molecular weight is 287 g/mol. The van der Waals surface area contributed by atoms with Gasteiger partial charge in [0.15, 0.2) is 0 Å². The van der Waals surface area contributed by atoms with Crippen molar-refractivity contribution in [1.82, 2.24) is 0 Å².